The van der Waals surface area contributed by atoms with E-state index in [2.05, 4.69) is 32.2 Å². The van der Waals surface area contributed by atoms with Gasteiger partial charge in [0.05, 0.1) is 23.0 Å². The van der Waals surface area contributed by atoms with Crippen LogP contribution in [0.2, 0.25) is 0 Å². The molecule has 1 aliphatic rings. The predicted octanol–water partition coefficient (Wildman–Crippen LogP) is 3.35. The van der Waals surface area contributed by atoms with Gasteiger partial charge in [-0.1, -0.05) is 12.1 Å². The van der Waals surface area contributed by atoms with Gasteiger partial charge >= 0.3 is 0 Å². The van der Waals surface area contributed by atoms with Crippen LogP contribution >= 0.6 is 0 Å². The second-order valence-corrected chi connectivity index (χ2v) is 11.4. The van der Waals surface area contributed by atoms with E-state index in [0.29, 0.717) is 17.3 Å². The fraction of sp³-hybridized carbons (Fsp3) is 0.320. The Kier molecular flexibility index (Phi) is 6.45. The first-order chi connectivity index (χ1) is 17.2. The van der Waals surface area contributed by atoms with Crippen LogP contribution in [-0.4, -0.2) is 77.2 Å². The first kappa shape index (κ1) is 24.3. The SMILES string of the molecule is CN1CCC(Nc2ncc(F)c(-c3cnc4ccc(-c5ccc(S(=O)(=O)N(C)C)cc5)cn34)n2)CC1. The molecule has 5 rings (SSSR count). The van der Waals surface area contributed by atoms with Gasteiger partial charge in [-0.05, 0) is 68.4 Å². The second kappa shape index (κ2) is 9.57. The molecule has 0 aliphatic carbocycles. The number of rotatable bonds is 6. The lowest BCUT2D eigenvalue weighted by Gasteiger charge is -2.29. The van der Waals surface area contributed by atoms with Crippen LogP contribution in [0, 0.1) is 5.82 Å². The van der Waals surface area contributed by atoms with Gasteiger partial charge in [-0.15, -0.1) is 0 Å². The van der Waals surface area contributed by atoms with Gasteiger partial charge in [0.15, 0.2) is 5.82 Å². The lowest BCUT2D eigenvalue weighted by Crippen LogP contribution is -2.37. The molecule has 0 radical (unpaired) electrons. The first-order valence-electron chi connectivity index (χ1n) is 11.7. The highest BCUT2D eigenvalue weighted by Gasteiger charge is 2.20. The molecule has 1 aromatic carbocycles. The molecule has 4 heterocycles. The minimum Gasteiger partial charge on any atom is -0.351 e. The third kappa shape index (κ3) is 4.69. The van der Waals surface area contributed by atoms with E-state index in [1.54, 1.807) is 34.9 Å². The highest BCUT2D eigenvalue weighted by molar-refractivity contribution is 7.89. The highest BCUT2D eigenvalue weighted by atomic mass is 32.2. The number of fused-ring (bicyclic) bond motifs is 1. The van der Waals surface area contributed by atoms with E-state index in [1.807, 2.05) is 18.3 Å². The number of halogens is 1. The van der Waals surface area contributed by atoms with Gasteiger partial charge in [-0.25, -0.2) is 32.1 Å². The molecule has 0 spiro atoms. The zero-order chi connectivity index (χ0) is 25.4. The molecule has 0 saturated carbocycles. The van der Waals surface area contributed by atoms with Crippen LogP contribution in [0.4, 0.5) is 10.3 Å². The number of imidazole rings is 1. The summed E-state index contributed by atoms with van der Waals surface area (Å²) in [6.07, 6.45) is 6.57. The van der Waals surface area contributed by atoms with Crippen molar-refractivity contribution in [3.05, 3.63) is 60.8 Å². The molecule has 0 bridgehead atoms. The smallest absolute Gasteiger partial charge is 0.242 e. The summed E-state index contributed by atoms with van der Waals surface area (Å²) in [5.74, 6) is -0.140. The normalized spacial score (nSPS) is 15.6. The molecule has 11 heteroatoms. The van der Waals surface area contributed by atoms with E-state index in [9.17, 15) is 12.8 Å². The van der Waals surface area contributed by atoms with Crippen molar-refractivity contribution in [3.8, 4) is 22.5 Å². The Labute approximate surface area is 209 Å². The molecule has 1 aliphatic heterocycles. The standard InChI is InChI=1S/C25H28FN7O2S/c1-31(2)36(34,35)20-7-4-17(5-8-20)18-6-9-23-27-15-22(33(23)16-18)24-21(26)14-28-25(30-24)29-19-10-12-32(3)13-11-19/h4-9,14-16,19H,10-13H2,1-3H3,(H,28,29,30). The number of aromatic nitrogens is 4. The molecule has 0 unspecified atom stereocenters. The van der Waals surface area contributed by atoms with Crippen LogP contribution in [0.5, 0.6) is 0 Å². The average molecular weight is 510 g/mol. The van der Waals surface area contributed by atoms with Gasteiger partial charge in [-0.2, -0.15) is 0 Å². The molecule has 1 N–H and O–H groups in total. The van der Waals surface area contributed by atoms with Crippen LogP contribution < -0.4 is 5.32 Å². The predicted molar refractivity (Wildman–Crippen MR) is 137 cm³/mol. The van der Waals surface area contributed by atoms with E-state index >= 15 is 0 Å². The Morgan fingerprint density at radius 3 is 2.39 bits per heavy atom. The monoisotopic (exact) mass is 509 g/mol. The second-order valence-electron chi connectivity index (χ2n) is 9.21. The summed E-state index contributed by atoms with van der Waals surface area (Å²) in [5, 5.41) is 3.34. The van der Waals surface area contributed by atoms with E-state index in [4.69, 9.17) is 0 Å². The highest BCUT2D eigenvalue weighted by Crippen LogP contribution is 2.27. The number of likely N-dealkylation sites (tertiary alicyclic amines) is 1. The molecule has 36 heavy (non-hydrogen) atoms. The Bertz CT molecular complexity index is 1490. The van der Waals surface area contributed by atoms with Crippen LogP contribution in [-0.2, 0) is 10.0 Å². The molecule has 4 aromatic rings. The minimum absolute atomic E-state index is 0.164. The number of nitrogens with zero attached hydrogens (tertiary/aromatic N) is 6. The van der Waals surface area contributed by atoms with Crippen molar-refractivity contribution < 1.29 is 12.8 Å². The van der Waals surface area contributed by atoms with Gasteiger partial charge in [0, 0.05) is 26.3 Å². The maximum atomic E-state index is 14.9. The zero-order valence-electron chi connectivity index (χ0n) is 20.4. The Balaban J connectivity index is 1.47. The van der Waals surface area contributed by atoms with Gasteiger partial charge < -0.3 is 10.2 Å². The number of piperidine rings is 1. The maximum Gasteiger partial charge on any atom is 0.242 e. The van der Waals surface area contributed by atoms with Gasteiger partial charge in [0.25, 0.3) is 0 Å². The quantitative estimate of drug-likeness (QED) is 0.426. The molecule has 1 saturated heterocycles. The summed E-state index contributed by atoms with van der Waals surface area (Å²) in [4.78, 5) is 15.6. The molecule has 9 nitrogen and oxygen atoms in total. The van der Waals surface area contributed by atoms with Crippen LogP contribution in [0.3, 0.4) is 0 Å². The summed E-state index contributed by atoms with van der Waals surface area (Å²) < 4.78 is 42.6. The van der Waals surface area contributed by atoms with E-state index in [0.717, 1.165) is 37.1 Å². The number of benzene rings is 1. The van der Waals surface area contributed by atoms with Gasteiger partial charge in [0.2, 0.25) is 16.0 Å². The molecular weight excluding hydrogens is 481 g/mol. The molecule has 188 valence electrons. The maximum absolute atomic E-state index is 14.9. The number of sulfonamides is 1. The number of hydrogen-bond donors (Lipinski definition) is 1. The Hall–Kier alpha value is -3.41. The summed E-state index contributed by atoms with van der Waals surface area (Å²) in [6.45, 7) is 1.98. The Morgan fingerprint density at radius 1 is 1.00 bits per heavy atom. The van der Waals surface area contributed by atoms with E-state index in [-0.39, 0.29) is 16.6 Å². The van der Waals surface area contributed by atoms with Crippen LogP contribution in [0.15, 0.2) is 59.9 Å². The van der Waals surface area contributed by atoms with Crippen molar-refractivity contribution in [1.29, 1.82) is 0 Å². The minimum atomic E-state index is -3.51. The van der Waals surface area contributed by atoms with Crippen molar-refractivity contribution >= 4 is 21.6 Å². The summed E-state index contributed by atoms with van der Waals surface area (Å²) in [6, 6.07) is 10.6. The first-order valence-corrected chi connectivity index (χ1v) is 13.1. The van der Waals surface area contributed by atoms with Crippen molar-refractivity contribution in [3.63, 3.8) is 0 Å². The summed E-state index contributed by atoms with van der Waals surface area (Å²) in [5.41, 5.74) is 2.96. The Morgan fingerprint density at radius 2 is 1.69 bits per heavy atom. The van der Waals surface area contributed by atoms with Crippen molar-refractivity contribution in [2.24, 2.45) is 0 Å². The van der Waals surface area contributed by atoms with Gasteiger partial charge in [0.1, 0.15) is 11.3 Å². The fourth-order valence-corrected chi connectivity index (χ4v) is 5.21. The third-order valence-electron chi connectivity index (χ3n) is 6.51. The lowest BCUT2D eigenvalue weighted by atomic mass is 10.1. The van der Waals surface area contributed by atoms with Crippen molar-refractivity contribution in [1.82, 2.24) is 28.6 Å². The topological polar surface area (TPSA) is 95.7 Å². The van der Waals surface area contributed by atoms with E-state index in [1.165, 1.54) is 24.6 Å². The molecule has 1 fully saturated rings. The van der Waals surface area contributed by atoms with E-state index < -0.39 is 15.8 Å². The van der Waals surface area contributed by atoms with Gasteiger partial charge in [-0.3, -0.25) is 4.40 Å². The summed E-state index contributed by atoms with van der Waals surface area (Å²) in [7, 11) is 1.58. The lowest BCUT2D eigenvalue weighted by molar-refractivity contribution is 0.263. The largest absolute Gasteiger partial charge is 0.351 e. The molecule has 3 aromatic heterocycles. The molecular formula is C25H28FN7O2S. The van der Waals surface area contributed by atoms with Crippen LogP contribution in [0.1, 0.15) is 12.8 Å². The zero-order valence-corrected chi connectivity index (χ0v) is 21.2. The number of pyridine rings is 1. The van der Waals surface area contributed by atoms with Crippen LogP contribution in [0.25, 0.3) is 28.2 Å². The van der Waals surface area contributed by atoms with Crippen molar-refractivity contribution in [2.75, 3.05) is 39.5 Å². The van der Waals surface area contributed by atoms with Crippen molar-refractivity contribution in [2.45, 2.75) is 23.8 Å². The number of nitrogens with one attached hydrogen (secondary N) is 1. The number of hydrogen-bond acceptors (Lipinski definition) is 7. The fourth-order valence-electron chi connectivity index (χ4n) is 4.31. The average Bonchev–Trinajstić information content (AvgIpc) is 3.29. The third-order valence-corrected chi connectivity index (χ3v) is 8.34. The molecule has 0 atom stereocenters. The summed E-state index contributed by atoms with van der Waals surface area (Å²) >= 11 is 0. The molecule has 0 amide bonds. The number of anilines is 1.